The third-order valence-corrected chi connectivity index (χ3v) is 6.87. The van der Waals surface area contributed by atoms with E-state index in [2.05, 4.69) is 58.0 Å². The topological polar surface area (TPSA) is 90.9 Å². The molecule has 1 aromatic heterocycles. The number of carbonyl (C=O) groups is 2. The highest BCUT2D eigenvalue weighted by atomic mass is 16.5. The zero-order chi connectivity index (χ0) is 25.0. The molecule has 0 radical (unpaired) electrons. The summed E-state index contributed by atoms with van der Waals surface area (Å²) in [5, 5.41) is 3.38. The maximum absolute atomic E-state index is 11.7. The molecular weight excluding hydrogens is 444 g/mol. The predicted molar refractivity (Wildman–Crippen MR) is 135 cm³/mol. The Balaban J connectivity index is 1.31. The molecule has 1 N–H and O–H groups in total. The van der Waals surface area contributed by atoms with Crippen LogP contribution in [0.25, 0.3) is 0 Å². The third kappa shape index (κ3) is 5.45. The molecule has 0 bridgehead atoms. The molecule has 1 amide bonds. The van der Waals surface area contributed by atoms with Gasteiger partial charge in [0.15, 0.2) is 0 Å². The molecule has 1 aromatic carbocycles. The summed E-state index contributed by atoms with van der Waals surface area (Å²) in [6, 6.07) is 8.65. The first kappa shape index (κ1) is 24.7. The number of aromatic nitrogens is 2. The molecule has 2 aliphatic heterocycles. The maximum Gasteiger partial charge on any atom is 0.293 e. The zero-order valence-electron chi connectivity index (χ0n) is 20.7. The van der Waals surface area contributed by atoms with E-state index in [0.29, 0.717) is 12.4 Å². The summed E-state index contributed by atoms with van der Waals surface area (Å²) in [6.45, 7) is 13.7. The van der Waals surface area contributed by atoms with Gasteiger partial charge in [-0.05, 0) is 31.1 Å². The quantitative estimate of drug-likeness (QED) is 0.389. The van der Waals surface area contributed by atoms with Gasteiger partial charge in [-0.3, -0.25) is 14.5 Å². The van der Waals surface area contributed by atoms with Gasteiger partial charge < -0.3 is 19.9 Å². The Bertz CT molecular complexity index is 1060. The Morgan fingerprint density at radius 1 is 1.29 bits per heavy atom. The minimum Gasteiger partial charge on any atom is -0.463 e. The van der Waals surface area contributed by atoms with Crippen molar-refractivity contribution in [1.29, 1.82) is 0 Å². The van der Waals surface area contributed by atoms with Crippen molar-refractivity contribution in [3.63, 3.8) is 0 Å². The van der Waals surface area contributed by atoms with Gasteiger partial charge in [0, 0.05) is 57.9 Å². The van der Waals surface area contributed by atoms with Crippen molar-refractivity contribution in [3.05, 3.63) is 59.8 Å². The van der Waals surface area contributed by atoms with Gasteiger partial charge in [-0.2, -0.15) is 4.98 Å². The van der Waals surface area contributed by atoms with Crippen LogP contribution in [0.2, 0.25) is 0 Å². The molecule has 1 spiro atoms. The van der Waals surface area contributed by atoms with Crippen LogP contribution < -0.4 is 10.2 Å². The van der Waals surface area contributed by atoms with Gasteiger partial charge in [0.05, 0.1) is 11.6 Å². The van der Waals surface area contributed by atoms with Gasteiger partial charge in [0.25, 0.3) is 6.47 Å². The summed E-state index contributed by atoms with van der Waals surface area (Å²) >= 11 is 0. The average molecular weight is 479 g/mol. The largest absolute Gasteiger partial charge is 0.463 e. The zero-order valence-corrected chi connectivity index (χ0v) is 20.7. The Kier molecular flexibility index (Phi) is 7.35. The van der Waals surface area contributed by atoms with Crippen LogP contribution in [0.1, 0.15) is 36.6 Å². The van der Waals surface area contributed by atoms with E-state index >= 15 is 0 Å². The molecule has 1 unspecified atom stereocenters. The Morgan fingerprint density at radius 3 is 2.63 bits per heavy atom. The standard InChI is InChI=1S/C26H34N6O3/c1-5-23(34)32-16-26(17-32)14-31(15-26)12-20-7-9-21(10-8-20)19(3)28-25-27-11-22(13-35-18-33)24(29-25)30(4)6-2/h5,7-11,18-19H,1,6,12-17H2,2-4H3,(H,27,28,29). The molecule has 3 heterocycles. The van der Waals surface area contributed by atoms with Crippen LogP contribution in [-0.4, -0.2) is 71.9 Å². The van der Waals surface area contributed by atoms with Gasteiger partial charge in [0.1, 0.15) is 12.4 Å². The molecule has 2 fully saturated rings. The number of nitrogens with zero attached hydrogens (tertiary/aromatic N) is 5. The van der Waals surface area contributed by atoms with E-state index in [-0.39, 0.29) is 24.0 Å². The highest BCUT2D eigenvalue weighted by Gasteiger charge is 2.52. The molecule has 9 nitrogen and oxygen atoms in total. The Morgan fingerprint density at radius 2 is 2.00 bits per heavy atom. The third-order valence-electron chi connectivity index (χ3n) is 6.87. The average Bonchev–Trinajstić information content (AvgIpc) is 2.83. The second-order valence-electron chi connectivity index (χ2n) is 9.62. The number of likely N-dealkylation sites (tertiary alicyclic amines) is 2. The molecule has 2 aliphatic rings. The number of hydrogen-bond acceptors (Lipinski definition) is 8. The first-order valence-corrected chi connectivity index (χ1v) is 12.0. The lowest BCUT2D eigenvalue weighted by Crippen LogP contribution is -2.72. The summed E-state index contributed by atoms with van der Waals surface area (Å²) in [7, 11) is 1.94. The van der Waals surface area contributed by atoms with E-state index in [4.69, 9.17) is 4.74 Å². The Labute approximate surface area is 206 Å². The number of benzene rings is 1. The van der Waals surface area contributed by atoms with Crippen LogP contribution in [-0.2, 0) is 27.5 Å². The SMILES string of the molecule is C=CC(=O)N1CC2(CN(Cc3ccc(C(C)Nc4ncc(COC=O)c(N(C)CC)n4)cc3)C2)C1. The van der Waals surface area contributed by atoms with Crippen molar-refractivity contribution in [1.82, 2.24) is 19.8 Å². The second kappa shape index (κ2) is 10.4. The van der Waals surface area contributed by atoms with Gasteiger partial charge in [0.2, 0.25) is 11.9 Å². The van der Waals surface area contributed by atoms with Crippen LogP contribution in [0.4, 0.5) is 11.8 Å². The van der Waals surface area contributed by atoms with E-state index in [1.807, 2.05) is 23.8 Å². The van der Waals surface area contributed by atoms with E-state index < -0.39 is 0 Å². The minimum atomic E-state index is 0.0246. The second-order valence-corrected chi connectivity index (χ2v) is 9.62. The molecule has 186 valence electrons. The highest BCUT2D eigenvalue weighted by Crippen LogP contribution is 2.40. The summed E-state index contributed by atoms with van der Waals surface area (Å²) in [5.74, 6) is 1.31. The molecule has 0 saturated carbocycles. The maximum atomic E-state index is 11.7. The van der Waals surface area contributed by atoms with E-state index in [0.717, 1.165) is 56.2 Å². The first-order chi connectivity index (χ1) is 16.9. The van der Waals surface area contributed by atoms with Crippen LogP contribution in [0.5, 0.6) is 0 Å². The van der Waals surface area contributed by atoms with E-state index in [9.17, 15) is 9.59 Å². The molecular formula is C26H34N6O3. The summed E-state index contributed by atoms with van der Waals surface area (Å²) in [5.41, 5.74) is 3.47. The van der Waals surface area contributed by atoms with Crippen LogP contribution in [0.3, 0.4) is 0 Å². The van der Waals surface area contributed by atoms with E-state index in [1.54, 1.807) is 6.20 Å². The number of anilines is 2. The van der Waals surface area contributed by atoms with Crippen molar-refractivity contribution >= 4 is 24.1 Å². The summed E-state index contributed by atoms with van der Waals surface area (Å²) in [4.78, 5) is 37.6. The lowest BCUT2D eigenvalue weighted by molar-refractivity contribution is -0.154. The molecule has 2 aromatic rings. The minimum absolute atomic E-state index is 0.0246. The number of rotatable bonds is 11. The Hall–Kier alpha value is -3.46. The fourth-order valence-electron chi connectivity index (χ4n) is 4.88. The fourth-order valence-corrected chi connectivity index (χ4v) is 4.88. The lowest BCUT2D eigenvalue weighted by atomic mass is 9.72. The number of ether oxygens (including phenoxy) is 1. The van der Waals surface area contributed by atoms with Crippen molar-refractivity contribution < 1.29 is 14.3 Å². The van der Waals surface area contributed by atoms with Crippen molar-refractivity contribution in [2.75, 3.05) is 50.0 Å². The first-order valence-electron chi connectivity index (χ1n) is 12.0. The molecule has 35 heavy (non-hydrogen) atoms. The van der Waals surface area contributed by atoms with E-state index in [1.165, 1.54) is 11.6 Å². The number of amides is 1. The summed E-state index contributed by atoms with van der Waals surface area (Å²) in [6.07, 6.45) is 3.10. The predicted octanol–water partition coefficient (Wildman–Crippen LogP) is 2.61. The number of nitrogens with one attached hydrogen (secondary N) is 1. The van der Waals surface area contributed by atoms with Crippen molar-refractivity contribution in [2.24, 2.45) is 5.41 Å². The molecule has 1 atom stereocenters. The van der Waals surface area contributed by atoms with Gasteiger partial charge in [-0.25, -0.2) is 4.98 Å². The fraction of sp³-hybridized carbons (Fsp3) is 0.462. The smallest absolute Gasteiger partial charge is 0.293 e. The van der Waals surface area contributed by atoms with Crippen LogP contribution in [0.15, 0.2) is 43.1 Å². The molecule has 9 heteroatoms. The van der Waals surface area contributed by atoms with Crippen LogP contribution in [0, 0.1) is 5.41 Å². The van der Waals surface area contributed by atoms with Crippen molar-refractivity contribution in [2.45, 2.75) is 33.0 Å². The number of hydrogen-bond donors (Lipinski definition) is 1. The monoisotopic (exact) mass is 478 g/mol. The van der Waals surface area contributed by atoms with Crippen LogP contribution >= 0.6 is 0 Å². The summed E-state index contributed by atoms with van der Waals surface area (Å²) < 4.78 is 4.91. The van der Waals surface area contributed by atoms with Crippen molar-refractivity contribution in [3.8, 4) is 0 Å². The molecule has 4 rings (SSSR count). The van der Waals surface area contributed by atoms with Gasteiger partial charge in [-0.15, -0.1) is 0 Å². The highest BCUT2D eigenvalue weighted by molar-refractivity contribution is 5.87. The molecule has 2 saturated heterocycles. The lowest BCUT2D eigenvalue weighted by Gasteiger charge is -2.60. The van der Waals surface area contributed by atoms with Gasteiger partial charge >= 0.3 is 0 Å². The molecule has 0 aliphatic carbocycles. The normalized spacial score (nSPS) is 17.2. The number of carbonyl (C=O) groups excluding carboxylic acids is 2. The van der Waals surface area contributed by atoms with Gasteiger partial charge in [-0.1, -0.05) is 30.8 Å².